The third-order valence-electron chi connectivity index (χ3n) is 0. The number of hydrogen-bond acceptors (Lipinski definition) is 0. The van der Waals surface area contributed by atoms with Gasteiger partial charge in [-0.1, -0.05) is 0 Å². The molecule has 0 aromatic carbocycles. The molecule has 0 fully saturated rings. The molecule has 0 rings (SSSR count). The van der Waals surface area contributed by atoms with Crippen molar-refractivity contribution in [3.05, 3.63) is 0 Å². The van der Waals surface area contributed by atoms with E-state index >= 15 is 0 Å². The average Bonchev–Trinajstić information content (AvgIpc) is 0. The molecule has 0 atom stereocenters. The zero-order chi connectivity index (χ0) is 0. The molecular weight excluding hydrogens is 688 g/mol. The van der Waals surface area contributed by atoms with Crippen LogP contribution in [0.3, 0.4) is 0 Å². The van der Waals surface area contributed by atoms with Gasteiger partial charge >= 0.3 is 102 Å². The van der Waals surface area contributed by atoms with E-state index in [1.807, 2.05) is 0 Å². The SMILES string of the molecule is [Ag].[AlH3].[Ba+2].[BiH3].[H-].[H-].[PbH2]. The van der Waals surface area contributed by atoms with E-state index in [0.29, 0.717) is 0 Å². The van der Waals surface area contributed by atoms with Gasteiger partial charge in [0.25, 0.3) is 0 Å². The van der Waals surface area contributed by atoms with Crippen molar-refractivity contribution in [2.24, 2.45) is 0 Å². The summed E-state index contributed by atoms with van der Waals surface area (Å²) < 4.78 is 0. The van der Waals surface area contributed by atoms with Gasteiger partial charge in [0.05, 0.1) is 0 Å². The zero-order valence-corrected chi connectivity index (χ0v) is 19.3. The Hall–Kier alpha value is 4.65. The van der Waals surface area contributed by atoms with Crippen molar-refractivity contribution in [2.45, 2.75) is 0 Å². The maximum atomic E-state index is 0. The molecule has 0 aliphatic carbocycles. The Labute approximate surface area is 141 Å². The fourth-order valence-corrected chi connectivity index (χ4v) is 0. The summed E-state index contributed by atoms with van der Waals surface area (Å²) in [6.07, 6.45) is 0. The molecule has 5 heavy (non-hydrogen) atoms. The molecule has 0 heterocycles. The van der Waals surface area contributed by atoms with E-state index in [2.05, 4.69) is 0 Å². The van der Waals surface area contributed by atoms with Gasteiger partial charge in [0.1, 0.15) is 0 Å². The summed E-state index contributed by atoms with van der Waals surface area (Å²) in [6.45, 7) is 0. The Morgan fingerprint density at radius 1 is 1.20 bits per heavy atom. The van der Waals surface area contributed by atoms with Crippen LogP contribution in [-0.2, 0) is 22.4 Å². The van der Waals surface area contributed by atoms with Crippen molar-refractivity contribution >= 4 is 120 Å². The monoisotopic (exact) mass is 699 g/mol. The number of rotatable bonds is 0. The van der Waals surface area contributed by atoms with E-state index in [0.717, 1.165) is 0 Å². The summed E-state index contributed by atoms with van der Waals surface area (Å²) in [6, 6.07) is 0. The van der Waals surface area contributed by atoms with Crippen molar-refractivity contribution in [1.82, 2.24) is 0 Å². The Bertz CT molecular complexity index is 17.7. The van der Waals surface area contributed by atoms with Crippen LogP contribution in [0.1, 0.15) is 2.85 Å². The number of hydrogen-bond donors (Lipinski definition) is 0. The molecule has 35 valence electrons. The molecule has 0 N–H and O–H groups in total. The minimum atomic E-state index is 0. The topological polar surface area (TPSA) is 0 Å². The van der Waals surface area contributed by atoms with E-state index in [9.17, 15) is 0 Å². The molecule has 0 amide bonds. The van der Waals surface area contributed by atoms with Crippen LogP contribution in [0.5, 0.6) is 0 Å². The van der Waals surface area contributed by atoms with E-state index in [4.69, 9.17) is 0 Å². The fraction of sp³-hybridized carbons (Fsp3) is 0. The first-order valence-electron chi connectivity index (χ1n) is 0. The van der Waals surface area contributed by atoms with Gasteiger partial charge in [0.15, 0.2) is 17.4 Å². The molecule has 0 saturated heterocycles. The van der Waals surface area contributed by atoms with Gasteiger partial charge in [-0.3, -0.25) is 0 Å². The third kappa shape index (κ3) is 17.7. The van der Waals surface area contributed by atoms with Crippen molar-refractivity contribution < 1.29 is 25.2 Å². The Morgan fingerprint density at radius 3 is 1.20 bits per heavy atom. The van der Waals surface area contributed by atoms with Gasteiger partial charge in [-0.05, 0) is 0 Å². The predicted octanol–water partition coefficient (Wildman–Crippen LogP) is -3.44. The molecule has 0 spiro atoms. The summed E-state index contributed by atoms with van der Waals surface area (Å²) in [5.41, 5.74) is 0. The third-order valence-corrected chi connectivity index (χ3v) is 0. The second-order valence-corrected chi connectivity index (χ2v) is 0. The Kier molecular flexibility index (Phi) is 156. The summed E-state index contributed by atoms with van der Waals surface area (Å²) in [5, 5.41) is 0. The molecule has 0 aliphatic rings. The first-order chi connectivity index (χ1) is 0. The van der Waals surface area contributed by atoms with Crippen molar-refractivity contribution in [3.63, 3.8) is 0 Å². The quantitative estimate of drug-likeness (QED) is 0.232. The molecule has 0 aromatic rings. The molecule has 0 aliphatic heterocycles. The van der Waals surface area contributed by atoms with Crippen molar-refractivity contribution in [1.29, 1.82) is 0 Å². The molecule has 0 nitrogen and oxygen atoms in total. The first-order valence-corrected chi connectivity index (χ1v) is 0. The van der Waals surface area contributed by atoms with Gasteiger partial charge < -0.3 is 2.85 Å². The fourth-order valence-electron chi connectivity index (χ4n) is 0. The predicted molar refractivity (Wildman–Crippen MR) is 36.4 cm³/mol. The molecule has 0 saturated carbocycles. The van der Waals surface area contributed by atoms with Crippen LogP contribution < -0.4 is 0 Å². The zero-order valence-electron chi connectivity index (χ0n) is 4.42. The standard InChI is InChI=1S/Ag.Al.Ba.Bi.Pb.10H/q;;+2;;;;;;;;;;;2*-1. The molecule has 0 aromatic heterocycles. The van der Waals surface area contributed by atoms with Gasteiger partial charge in [-0.15, -0.1) is 0 Å². The molecule has 3 radical (unpaired) electrons. The normalized spacial score (nSPS) is 0. The maximum absolute atomic E-state index is 0. The Balaban J connectivity index is 0. The first kappa shape index (κ1) is 33.4. The van der Waals surface area contributed by atoms with Gasteiger partial charge in [0.2, 0.25) is 0 Å². The summed E-state index contributed by atoms with van der Waals surface area (Å²) >= 11 is 0. The van der Waals surface area contributed by atoms with Crippen LogP contribution in [0, 0.1) is 0 Å². The second kappa shape index (κ2) is 23.4. The average molecular weight is 698 g/mol. The molecule has 0 unspecified atom stereocenters. The molecular formula is H10AgAlBaBiPb. The van der Waals surface area contributed by atoms with E-state index in [-0.39, 0.29) is 145 Å². The van der Waals surface area contributed by atoms with E-state index in [1.54, 1.807) is 0 Å². The van der Waals surface area contributed by atoms with Gasteiger partial charge in [0, 0.05) is 22.4 Å². The van der Waals surface area contributed by atoms with E-state index < -0.39 is 0 Å². The van der Waals surface area contributed by atoms with Crippen LogP contribution in [0.4, 0.5) is 0 Å². The van der Waals surface area contributed by atoms with Crippen LogP contribution in [0.2, 0.25) is 0 Å². The van der Waals surface area contributed by atoms with Gasteiger partial charge in [-0.25, -0.2) is 0 Å². The van der Waals surface area contributed by atoms with Crippen molar-refractivity contribution in [2.75, 3.05) is 0 Å². The van der Waals surface area contributed by atoms with Crippen molar-refractivity contribution in [3.8, 4) is 0 Å². The van der Waals surface area contributed by atoms with Crippen LogP contribution in [0.15, 0.2) is 0 Å². The summed E-state index contributed by atoms with van der Waals surface area (Å²) in [5.74, 6) is 0. The minimum absolute atomic E-state index is 0. The van der Waals surface area contributed by atoms with Crippen LogP contribution in [-0.4, -0.2) is 120 Å². The molecule has 5 heteroatoms. The van der Waals surface area contributed by atoms with Crippen LogP contribution in [0.25, 0.3) is 0 Å². The van der Waals surface area contributed by atoms with Gasteiger partial charge in [-0.2, -0.15) is 0 Å². The Morgan fingerprint density at radius 2 is 1.20 bits per heavy atom. The summed E-state index contributed by atoms with van der Waals surface area (Å²) in [7, 11) is 0. The molecule has 0 bridgehead atoms. The summed E-state index contributed by atoms with van der Waals surface area (Å²) in [4.78, 5) is 0. The van der Waals surface area contributed by atoms with E-state index in [1.165, 1.54) is 0 Å². The second-order valence-electron chi connectivity index (χ2n) is 0. The van der Waals surface area contributed by atoms with Crippen LogP contribution >= 0.6 is 0 Å².